The summed E-state index contributed by atoms with van der Waals surface area (Å²) >= 11 is 5.43. The van der Waals surface area contributed by atoms with Crippen molar-refractivity contribution < 1.29 is 27.7 Å². The van der Waals surface area contributed by atoms with Gasteiger partial charge in [0.1, 0.15) is 5.75 Å². The zero-order valence-electron chi connectivity index (χ0n) is 19.5. The predicted molar refractivity (Wildman–Crippen MR) is 138 cm³/mol. The van der Waals surface area contributed by atoms with Crippen LogP contribution in [0.2, 0.25) is 0 Å². The van der Waals surface area contributed by atoms with Crippen molar-refractivity contribution >= 4 is 44.7 Å². The van der Waals surface area contributed by atoms with Crippen LogP contribution in [0.5, 0.6) is 5.75 Å². The Balaban J connectivity index is 1.81. The Morgan fingerprint density at radius 3 is 2.09 bits per heavy atom. The molecule has 8 nitrogen and oxygen atoms in total. The fourth-order valence-electron chi connectivity index (χ4n) is 3.06. The van der Waals surface area contributed by atoms with Crippen LogP contribution in [0.1, 0.15) is 21.5 Å². The Morgan fingerprint density at radius 2 is 1.51 bits per heavy atom. The molecule has 3 aromatic rings. The van der Waals surface area contributed by atoms with Crippen LogP contribution in [0.3, 0.4) is 0 Å². The number of hydrogen-bond acceptors (Lipinski definition) is 6. The van der Waals surface area contributed by atoms with E-state index in [0.29, 0.717) is 28.4 Å². The topological polar surface area (TPSA) is 108 Å². The number of carbonyl (C=O) groups is 1. The molecule has 0 aromatic heterocycles. The maximum absolute atomic E-state index is 12.9. The van der Waals surface area contributed by atoms with Gasteiger partial charge in [0.05, 0.1) is 30.2 Å². The molecule has 0 aliphatic heterocycles. The van der Waals surface area contributed by atoms with E-state index in [2.05, 4.69) is 15.6 Å². The monoisotopic (exact) mass is 512 g/mol. The minimum Gasteiger partial charge on any atom is -0.497 e. The van der Waals surface area contributed by atoms with Crippen LogP contribution in [0.25, 0.3) is 0 Å². The van der Waals surface area contributed by atoms with E-state index in [1.54, 1.807) is 79.9 Å². The van der Waals surface area contributed by atoms with Crippen LogP contribution < -0.4 is 20.4 Å². The third kappa shape index (κ3) is 7.11. The number of rotatable bonds is 7. The number of hydrogen-bond donors (Lipinski definition) is 3. The van der Waals surface area contributed by atoms with Gasteiger partial charge in [0.15, 0.2) is 5.88 Å². The molecule has 3 aromatic carbocycles. The molecule has 0 bridgehead atoms. The van der Waals surface area contributed by atoms with E-state index >= 15 is 0 Å². The molecular weight excluding hydrogens is 486 g/mol. The van der Waals surface area contributed by atoms with Gasteiger partial charge in [-0.1, -0.05) is 17.7 Å². The molecule has 0 atom stereocenters. The number of nitrogens with one attached hydrogen (secondary N) is 3. The zero-order chi connectivity index (χ0) is 25.4. The van der Waals surface area contributed by atoms with E-state index in [1.165, 1.54) is 7.11 Å². The summed E-state index contributed by atoms with van der Waals surface area (Å²) in [4.78, 5) is 14.8. The van der Waals surface area contributed by atoms with Crippen molar-refractivity contribution in [2.75, 3.05) is 25.4 Å². The quantitative estimate of drug-likeness (QED) is 0.191. The van der Waals surface area contributed by atoms with Crippen LogP contribution in [0.15, 0.2) is 77.7 Å². The van der Waals surface area contributed by atoms with Gasteiger partial charge in [-0.15, -0.1) is 0 Å². The third-order valence-electron chi connectivity index (χ3n) is 5.00. The molecule has 0 unspecified atom stereocenters. The Labute approximate surface area is 209 Å². The summed E-state index contributed by atoms with van der Waals surface area (Å²) in [6.45, 7) is 1.89. The highest BCUT2D eigenvalue weighted by atomic mass is 32.2. The summed E-state index contributed by atoms with van der Waals surface area (Å²) < 4.78 is 35.6. The van der Waals surface area contributed by atoms with Crippen molar-refractivity contribution in [2.24, 2.45) is 0 Å². The number of carbonyl (C=O) groups excluding carboxylic acids is 1. The highest BCUT2D eigenvalue weighted by Gasteiger charge is 2.19. The average molecular weight is 513 g/mol. The number of amidine groups is 1. The van der Waals surface area contributed by atoms with Gasteiger partial charge < -0.3 is 14.8 Å². The van der Waals surface area contributed by atoms with Crippen molar-refractivity contribution in [3.8, 4) is 5.75 Å². The molecule has 0 amide bonds. The van der Waals surface area contributed by atoms with Crippen molar-refractivity contribution in [1.29, 1.82) is 0 Å². The minimum absolute atomic E-state index is 0.219. The van der Waals surface area contributed by atoms with Crippen LogP contribution in [-0.4, -0.2) is 45.4 Å². The molecule has 0 saturated heterocycles. The van der Waals surface area contributed by atoms with Crippen LogP contribution >= 0.6 is 12.2 Å². The van der Waals surface area contributed by atoms with Crippen molar-refractivity contribution in [3.05, 3.63) is 89.5 Å². The van der Waals surface area contributed by atoms with Gasteiger partial charge in [-0.25, -0.2) is 18.5 Å². The first-order valence-electron chi connectivity index (χ1n) is 10.5. The van der Waals surface area contributed by atoms with Gasteiger partial charge >= 0.3 is 5.97 Å². The second-order valence-corrected chi connectivity index (χ2v) is 9.90. The highest BCUT2D eigenvalue weighted by Crippen LogP contribution is 2.13. The maximum atomic E-state index is 12.9. The minimum atomic E-state index is -3.61. The molecule has 0 spiro atoms. The van der Waals surface area contributed by atoms with E-state index in [9.17, 15) is 13.2 Å². The molecule has 10 heteroatoms. The van der Waals surface area contributed by atoms with Crippen molar-refractivity contribution in [3.63, 3.8) is 0 Å². The lowest BCUT2D eigenvalue weighted by Crippen LogP contribution is -2.78. The lowest BCUT2D eigenvalue weighted by atomic mass is 10.2. The fourth-order valence-corrected chi connectivity index (χ4v) is 4.33. The van der Waals surface area contributed by atoms with Crippen LogP contribution in [0.4, 0.5) is 5.69 Å². The molecule has 182 valence electrons. The fraction of sp³-hybridized carbons (Fsp3) is 0.160. The number of aryl methyl sites for hydroxylation is 1. The first-order valence-corrected chi connectivity index (χ1v) is 12.6. The Kier molecular flexibility index (Phi) is 8.56. The molecule has 3 rings (SSSR count). The lowest BCUT2D eigenvalue weighted by molar-refractivity contribution is -0.434. The molecule has 0 fully saturated rings. The first kappa shape index (κ1) is 25.9. The van der Waals surface area contributed by atoms with Gasteiger partial charge in [0.2, 0.25) is 9.84 Å². The molecule has 0 aliphatic rings. The number of ether oxygens (including phenoxy) is 2. The number of methoxy groups -OCH3 is 2. The molecule has 0 radical (unpaired) electrons. The zero-order valence-corrected chi connectivity index (χ0v) is 21.1. The smallest absolute Gasteiger partial charge is 0.337 e. The standard InChI is InChI=1S/C25H25N3O5S2/c1-17-4-14-22(15-5-17)35(30,31)16-26-23(18-8-12-21(32-2)13-9-18)28-25(34)27-20-10-6-19(7-11-20)24(29)33-3/h4-15H,16H2,1-3H3,(H2,26,27,28,34)/p+1. The second-order valence-electron chi connectivity index (χ2n) is 7.50. The molecular formula is C25H26N3O5S2+. The third-order valence-corrected chi connectivity index (χ3v) is 6.72. The molecule has 3 N–H and O–H groups in total. The number of benzene rings is 3. The summed E-state index contributed by atoms with van der Waals surface area (Å²) in [5.41, 5.74) is 2.69. The van der Waals surface area contributed by atoms with Gasteiger partial charge in [-0.2, -0.15) is 0 Å². The van der Waals surface area contributed by atoms with E-state index in [4.69, 9.17) is 21.7 Å². The first-order chi connectivity index (χ1) is 16.7. The number of anilines is 1. The van der Waals surface area contributed by atoms with E-state index in [1.807, 2.05) is 6.92 Å². The molecule has 0 saturated carbocycles. The number of sulfone groups is 1. The average Bonchev–Trinajstić information content (AvgIpc) is 2.87. The van der Waals surface area contributed by atoms with Crippen LogP contribution in [0, 0.1) is 6.92 Å². The summed E-state index contributed by atoms with van der Waals surface area (Å²) in [6, 6.07) is 20.3. The Morgan fingerprint density at radius 1 is 0.914 bits per heavy atom. The highest BCUT2D eigenvalue weighted by molar-refractivity contribution is 7.91. The summed E-state index contributed by atoms with van der Waals surface area (Å²) in [5, 5.41) is 6.27. The number of thiocarbonyl (C=S) groups is 1. The van der Waals surface area contributed by atoms with Crippen LogP contribution in [-0.2, 0) is 14.6 Å². The van der Waals surface area contributed by atoms with Gasteiger partial charge in [-0.3, -0.25) is 4.99 Å². The van der Waals surface area contributed by atoms with Gasteiger partial charge in [0, 0.05) is 5.69 Å². The summed E-state index contributed by atoms with van der Waals surface area (Å²) in [6.07, 6.45) is 0. The van der Waals surface area contributed by atoms with Crippen molar-refractivity contribution in [1.82, 2.24) is 5.32 Å². The Bertz CT molecular complexity index is 1320. The van der Waals surface area contributed by atoms with E-state index < -0.39 is 15.8 Å². The predicted octanol–water partition coefficient (Wildman–Crippen LogP) is 2.04. The summed E-state index contributed by atoms with van der Waals surface area (Å²) in [7, 11) is -0.727. The van der Waals surface area contributed by atoms with E-state index in [-0.39, 0.29) is 15.9 Å². The molecule has 0 heterocycles. The maximum Gasteiger partial charge on any atom is 0.337 e. The van der Waals surface area contributed by atoms with Gasteiger partial charge in [-0.05, 0) is 79.8 Å². The summed E-state index contributed by atoms with van der Waals surface area (Å²) in [5.74, 6) is 0.270. The molecule has 0 aliphatic carbocycles. The second kappa shape index (κ2) is 11.6. The SMILES string of the molecule is COC(=O)c1ccc(NC(=S)NC(=[NH+]CS(=O)(=O)c2ccc(C)cc2)c2ccc(OC)cc2)cc1. The van der Waals surface area contributed by atoms with Gasteiger partial charge in [0.25, 0.3) is 10.9 Å². The largest absolute Gasteiger partial charge is 0.497 e. The number of esters is 1. The van der Waals surface area contributed by atoms with E-state index in [0.717, 1.165) is 5.56 Å². The molecule has 35 heavy (non-hydrogen) atoms. The van der Waals surface area contributed by atoms with Crippen molar-refractivity contribution in [2.45, 2.75) is 11.8 Å². The normalized spacial score (nSPS) is 11.5. The lowest BCUT2D eigenvalue weighted by Gasteiger charge is -2.09. The Hall–Kier alpha value is -3.76.